The maximum Gasteiger partial charge on any atom is 0.246 e. The summed E-state index contributed by atoms with van der Waals surface area (Å²) in [5.74, 6) is 2.97. The van der Waals surface area contributed by atoms with Gasteiger partial charge in [0.15, 0.2) is 0 Å². The first kappa shape index (κ1) is 29.0. The number of carbonyl (C=O) groups excluding carboxylic acids is 1. The van der Waals surface area contributed by atoms with E-state index in [9.17, 15) is 9.90 Å². The third-order valence-electron chi connectivity index (χ3n) is 7.21. The molecule has 2 aliphatic rings. The number of fused-ring (bicyclic) bond motifs is 1. The number of ether oxygens (including phenoxy) is 3. The summed E-state index contributed by atoms with van der Waals surface area (Å²) >= 11 is 0. The number of aliphatic hydroxyl groups is 1. The van der Waals surface area contributed by atoms with E-state index in [-0.39, 0.29) is 30.5 Å². The predicted octanol–water partition coefficient (Wildman–Crippen LogP) is 2.96. The number of aromatic nitrogens is 1. The molecule has 1 aromatic heterocycles. The molecule has 1 spiro atoms. The van der Waals surface area contributed by atoms with Crippen LogP contribution < -0.4 is 15.4 Å². The number of methoxy groups -OCH3 is 1. The molecule has 1 fully saturated rings. The van der Waals surface area contributed by atoms with Gasteiger partial charge in [0.25, 0.3) is 0 Å². The van der Waals surface area contributed by atoms with Gasteiger partial charge in [-0.25, -0.2) is 4.98 Å². The lowest BCUT2D eigenvalue weighted by atomic mass is 9.85. The maximum atomic E-state index is 12.4. The zero-order valence-corrected chi connectivity index (χ0v) is 23.5. The van der Waals surface area contributed by atoms with Crippen LogP contribution in [0.15, 0.2) is 36.5 Å². The monoisotopic (exact) mass is 535 g/mol. The van der Waals surface area contributed by atoms with Gasteiger partial charge in [0.05, 0.1) is 25.4 Å². The molecule has 3 N–H and O–H groups in total. The van der Waals surface area contributed by atoms with E-state index in [0.29, 0.717) is 31.9 Å². The Morgan fingerprint density at radius 2 is 2.15 bits per heavy atom. The van der Waals surface area contributed by atoms with E-state index in [4.69, 9.17) is 25.6 Å². The zero-order valence-electron chi connectivity index (χ0n) is 23.5. The summed E-state index contributed by atoms with van der Waals surface area (Å²) in [7, 11) is 1.47. The highest BCUT2D eigenvalue weighted by molar-refractivity contribution is 5.77. The summed E-state index contributed by atoms with van der Waals surface area (Å²) in [6.07, 6.45) is 9.42. The van der Waals surface area contributed by atoms with Gasteiger partial charge in [-0.15, -0.1) is 6.42 Å². The molecule has 39 heavy (non-hydrogen) atoms. The van der Waals surface area contributed by atoms with Crippen LogP contribution in [-0.2, 0) is 27.1 Å². The average Bonchev–Trinajstić information content (AvgIpc) is 3.33. The molecule has 2 unspecified atom stereocenters. The van der Waals surface area contributed by atoms with E-state index in [1.165, 1.54) is 7.11 Å². The van der Waals surface area contributed by atoms with Gasteiger partial charge in [-0.3, -0.25) is 4.79 Å². The molecular weight excluding hydrogens is 494 g/mol. The third kappa shape index (κ3) is 7.80. The normalized spacial score (nSPS) is 22.0. The summed E-state index contributed by atoms with van der Waals surface area (Å²) in [5.41, 5.74) is 3.51. The number of nitrogens with one attached hydrogen (secondary N) is 2. The summed E-state index contributed by atoms with van der Waals surface area (Å²) in [4.78, 5) is 17.1. The Balaban J connectivity index is 1.53. The third-order valence-corrected chi connectivity index (χ3v) is 7.21. The first-order valence-electron chi connectivity index (χ1n) is 13.6. The molecule has 210 valence electrons. The number of pyridine rings is 1. The van der Waals surface area contributed by atoms with Crippen LogP contribution in [-0.4, -0.2) is 67.2 Å². The fourth-order valence-corrected chi connectivity index (χ4v) is 5.41. The highest BCUT2D eigenvalue weighted by atomic mass is 16.6. The Morgan fingerprint density at radius 1 is 1.33 bits per heavy atom. The lowest BCUT2D eigenvalue weighted by Crippen LogP contribution is -2.51. The van der Waals surface area contributed by atoms with Crippen LogP contribution in [0.2, 0.25) is 0 Å². The standard InChI is InChI=1S/C31H41N3O5/c1-6-21-8-7-9-22(12-21)14-25(34-28(36)19-37-5)27(35)18-32-26-16-31(10-11-38-20-31)39-29-24(26)13-23(17-33-29)15-30(2,3)4/h1,7-9,12-13,17,25-27,32,35H,10-11,14-16,18-20H2,2-5H3,(H,34,36)/t25?,26-,27+,31?/m0/s1. The maximum absolute atomic E-state index is 12.4. The fourth-order valence-electron chi connectivity index (χ4n) is 5.41. The van der Waals surface area contributed by atoms with Crippen molar-refractivity contribution in [3.63, 3.8) is 0 Å². The smallest absolute Gasteiger partial charge is 0.246 e. The number of terminal acetylenes is 1. The minimum absolute atomic E-state index is 0.0842. The molecule has 0 radical (unpaired) electrons. The second-order valence-electron chi connectivity index (χ2n) is 12.0. The van der Waals surface area contributed by atoms with Crippen molar-refractivity contribution < 1.29 is 24.1 Å². The minimum Gasteiger partial charge on any atom is -0.468 e. The van der Waals surface area contributed by atoms with E-state index in [2.05, 4.69) is 43.4 Å². The van der Waals surface area contributed by atoms with Crippen molar-refractivity contribution in [2.24, 2.45) is 5.41 Å². The summed E-state index contributed by atoms with van der Waals surface area (Å²) in [5, 5.41) is 17.8. The Labute approximate surface area is 231 Å². The first-order valence-corrected chi connectivity index (χ1v) is 13.6. The number of hydrogen-bond acceptors (Lipinski definition) is 7. The Hall–Kier alpha value is -2.96. The first-order chi connectivity index (χ1) is 18.6. The summed E-state index contributed by atoms with van der Waals surface area (Å²) in [6.45, 7) is 7.96. The van der Waals surface area contributed by atoms with E-state index in [0.717, 1.165) is 35.1 Å². The second-order valence-corrected chi connectivity index (χ2v) is 12.0. The summed E-state index contributed by atoms with van der Waals surface area (Å²) < 4.78 is 17.1. The SMILES string of the molecule is C#Cc1cccc(CC(NC(=O)COC)[C@H](O)CN[C@H]2CC3(CCOC3)Oc3ncc(CC(C)(C)C)cc32)c1. The van der Waals surface area contributed by atoms with Crippen molar-refractivity contribution in [3.8, 4) is 18.2 Å². The van der Waals surface area contributed by atoms with Crippen LogP contribution in [0, 0.1) is 17.8 Å². The highest BCUT2D eigenvalue weighted by Crippen LogP contribution is 2.42. The van der Waals surface area contributed by atoms with Crippen molar-refractivity contribution >= 4 is 5.91 Å². The van der Waals surface area contributed by atoms with Crippen molar-refractivity contribution in [1.82, 2.24) is 15.6 Å². The molecule has 8 nitrogen and oxygen atoms in total. The van der Waals surface area contributed by atoms with Crippen molar-refractivity contribution in [2.45, 2.75) is 70.2 Å². The van der Waals surface area contributed by atoms with E-state index >= 15 is 0 Å². The van der Waals surface area contributed by atoms with Gasteiger partial charge < -0.3 is 30.0 Å². The Morgan fingerprint density at radius 3 is 2.85 bits per heavy atom. The molecule has 1 amide bonds. The molecule has 1 saturated heterocycles. The van der Waals surface area contributed by atoms with Crippen molar-refractivity contribution in [1.29, 1.82) is 0 Å². The lowest BCUT2D eigenvalue weighted by Gasteiger charge is -2.39. The molecule has 2 aromatic rings. The van der Waals surface area contributed by atoms with Crippen LogP contribution in [0.4, 0.5) is 0 Å². The molecule has 0 saturated carbocycles. The molecular formula is C31H41N3O5. The zero-order chi connectivity index (χ0) is 28.0. The average molecular weight is 536 g/mol. The summed E-state index contributed by atoms with van der Waals surface area (Å²) in [6, 6.07) is 9.12. The second kappa shape index (κ2) is 12.5. The molecule has 0 bridgehead atoms. The Bertz CT molecular complexity index is 1180. The molecule has 1 aromatic carbocycles. The van der Waals surface area contributed by atoms with Gasteiger partial charge in [0, 0.05) is 49.9 Å². The predicted molar refractivity (Wildman–Crippen MR) is 149 cm³/mol. The van der Waals surface area contributed by atoms with Gasteiger partial charge in [0.1, 0.15) is 12.2 Å². The van der Waals surface area contributed by atoms with Gasteiger partial charge in [0.2, 0.25) is 11.8 Å². The fraction of sp³-hybridized carbons (Fsp3) is 0.548. The highest BCUT2D eigenvalue weighted by Gasteiger charge is 2.45. The minimum atomic E-state index is -0.868. The van der Waals surface area contributed by atoms with Crippen molar-refractivity contribution in [3.05, 3.63) is 58.8 Å². The topological polar surface area (TPSA) is 102 Å². The van der Waals surface area contributed by atoms with Crippen molar-refractivity contribution in [2.75, 3.05) is 33.5 Å². The molecule has 4 atom stereocenters. The van der Waals surface area contributed by atoms with Gasteiger partial charge in [-0.1, -0.05) is 38.8 Å². The molecule has 8 heteroatoms. The number of nitrogens with zero attached hydrogens (tertiary/aromatic N) is 1. The van der Waals surface area contributed by atoms with Gasteiger partial charge in [-0.2, -0.15) is 0 Å². The molecule has 4 rings (SSSR count). The number of carbonyl (C=O) groups is 1. The van der Waals surface area contributed by atoms with E-state index in [1.807, 2.05) is 30.5 Å². The van der Waals surface area contributed by atoms with E-state index < -0.39 is 17.7 Å². The number of rotatable bonds is 10. The number of hydrogen-bond donors (Lipinski definition) is 3. The molecule has 0 aliphatic carbocycles. The molecule has 2 aliphatic heterocycles. The largest absolute Gasteiger partial charge is 0.468 e. The van der Waals surface area contributed by atoms with Crippen LogP contribution in [0.1, 0.15) is 61.9 Å². The lowest BCUT2D eigenvalue weighted by molar-refractivity contribution is -0.126. The Kier molecular flexibility index (Phi) is 9.29. The molecule has 3 heterocycles. The van der Waals surface area contributed by atoms with Gasteiger partial charge in [-0.05, 0) is 47.6 Å². The number of amides is 1. The number of aliphatic hydroxyl groups excluding tert-OH is 1. The van der Waals surface area contributed by atoms with Gasteiger partial charge >= 0.3 is 0 Å². The van der Waals surface area contributed by atoms with Crippen LogP contribution in [0.5, 0.6) is 5.88 Å². The quantitative estimate of drug-likeness (QED) is 0.402. The number of benzene rings is 1. The van der Waals surface area contributed by atoms with Crippen LogP contribution >= 0.6 is 0 Å². The van der Waals surface area contributed by atoms with Crippen LogP contribution in [0.25, 0.3) is 0 Å². The van der Waals surface area contributed by atoms with E-state index in [1.54, 1.807) is 0 Å². The van der Waals surface area contributed by atoms with Crippen LogP contribution in [0.3, 0.4) is 0 Å².